The molecule has 0 aliphatic carbocycles. The fourth-order valence-corrected chi connectivity index (χ4v) is 1.11. The Morgan fingerprint density at radius 3 is 1.54 bits per heavy atom. The van der Waals surface area contributed by atoms with E-state index < -0.39 is 11.7 Å². The number of halogens is 3. The van der Waals surface area contributed by atoms with Crippen LogP contribution in [0.4, 0.5) is 18.9 Å². The average Bonchev–Trinajstić information content (AvgIpc) is 2.73. The lowest BCUT2D eigenvalue weighted by molar-refractivity contribution is -0.137. The number of nitrogens with two attached hydrogens (primary N) is 1. The fraction of sp³-hybridized carbons (Fsp3) is 0.632. The van der Waals surface area contributed by atoms with Crippen molar-refractivity contribution in [2.45, 2.75) is 74.5 Å². The molecule has 1 aromatic rings. The number of benzene rings is 1. The van der Waals surface area contributed by atoms with Crippen molar-refractivity contribution in [2.24, 2.45) is 5.84 Å². The van der Waals surface area contributed by atoms with Crippen LogP contribution >= 0.6 is 0 Å². The molecule has 1 aromatic carbocycles. The first-order chi connectivity index (χ1) is 12.4. The van der Waals surface area contributed by atoms with Crippen LogP contribution in [0.15, 0.2) is 24.3 Å². The highest BCUT2D eigenvalue weighted by atomic mass is 19.4. The van der Waals surface area contributed by atoms with Gasteiger partial charge in [0.25, 0.3) is 0 Å². The van der Waals surface area contributed by atoms with Gasteiger partial charge >= 0.3 is 6.18 Å². The Morgan fingerprint density at radius 2 is 1.27 bits per heavy atom. The molecule has 0 bridgehead atoms. The van der Waals surface area contributed by atoms with Gasteiger partial charge in [-0.1, -0.05) is 55.4 Å². The Bertz CT molecular complexity index is 363. The van der Waals surface area contributed by atoms with Crippen molar-refractivity contribution in [3.63, 3.8) is 0 Å². The topological polar surface area (TPSA) is 73.9 Å². The number of alkyl halides is 3. The second kappa shape index (κ2) is 28.0. The molecule has 26 heavy (non-hydrogen) atoms. The van der Waals surface area contributed by atoms with E-state index in [9.17, 15) is 13.2 Å². The molecule has 0 fully saturated rings. The molecule has 1 rings (SSSR count). The van der Waals surface area contributed by atoms with Crippen LogP contribution in [0, 0.1) is 11.8 Å². The first-order valence-electron chi connectivity index (χ1n) is 9.06. The van der Waals surface area contributed by atoms with Crippen molar-refractivity contribution < 1.29 is 13.2 Å². The zero-order valence-corrected chi connectivity index (χ0v) is 17.8. The summed E-state index contributed by atoms with van der Waals surface area (Å²) in [5.41, 5.74) is 2.51. The molecule has 156 valence electrons. The number of nitrogens with one attached hydrogen (secondary N) is 2. The summed E-state index contributed by atoms with van der Waals surface area (Å²) in [6.07, 6.45) is -4.29. The van der Waals surface area contributed by atoms with Crippen molar-refractivity contribution in [2.75, 3.05) is 11.9 Å². The van der Waals surface area contributed by atoms with Gasteiger partial charge in [0.05, 0.1) is 5.56 Å². The quantitative estimate of drug-likeness (QED) is 0.428. The van der Waals surface area contributed by atoms with Crippen LogP contribution in [0.25, 0.3) is 0 Å². The zero-order valence-electron chi connectivity index (χ0n) is 17.8. The van der Waals surface area contributed by atoms with Crippen molar-refractivity contribution in [1.29, 1.82) is 5.26 Å². The van der Waals surface area contributed by atoms with E-state index in [4.69, 9.17) is 11.1 Å². The standard InChI is InChI=1S/C10H14F3N3.4C2H6.CHN/c1-7(16-14)6-15-9-4-2-8(3-5-9)10(11,12)13;5*1-2/h2-5,7,15-16H,6,14H2,1H3;4*1-2H3;1H. The van der Waals surface area contributed by atoms with Gasteiger partial charge in [-0.15, -0.1) is 0 Å². The van der Waals surface area contributed by atoms with E-state index in [2.05, 4.69) is 17.3 Å². The predicted octanol–water partition coefficient (Wildman–Crippen LogP) is 6.21. The molecule has 4 N–H and O–H groups in total. The number of anilines is 1. The molecule has 1 unspecified atom stereocenters. The minimum atomic E-state index is -4.29. The first-order valence-corrected chi connectivity index (χ1v) is 9.06. The van der Waals surface area contributed by atoms with Crippen LogP contribution in [-0.4, -0.2) is 12.6 Å². The summed E-state index contributed by atoms with van der Waals surface area (Å²) < 4.78 is 36.7. The molecule has 0 saturated carbocycles. The summed E-state index contributed by atoms with van der Waals surface area (Å²) in [6, 6.07) is 4.92. The minimum absolute atomic E-state index is 0.0438. The Labute approximate surface area is 159 Å². The summed E-state index contributed by atoms with van der Waals surface area (Å²) >= 11 is 0. The van der Waals surface area contributed by atoms with Gasteiger partial charge in [0.15, 0.2) is 0 Å². The molecule has 0 aliphatic heterocycles. The van der Waals surface area contributed by atoms with E-state index in [-0.39, 0.29) is 6.04 Å². The van der Waals surface area contributed by atoms with Gasteiger partial charge in [-0.05, 0) is 31.2 Å². The molecule has 7 heteroatoms. The van der Waals surface area contributed by atoms with E-state index in [1.54, 1.807) is 0 Å². The summed E-state index contributed by atoms with van der Waals surface area (Å²) in [5, 5.41) is 9.46. The third kappa shape index (κ3) is 22.2. The maximum atomic E-state index is 12.2. The fourth-order valence-electron chi connectivity index (χ4n) is 1.11. The third-order valence-electron chi connectivity index (χ3n) is 2.11. The molecule has 0 saturated heterocycles. The predicted molar refractivity (Wildman–Crippen MR) is 109 cm³/mol. The van der Waals surface area contributed by atoms with Crippen LogP contribution < -0.4 is 16.6 Å². The molecule has 0 spiro atoms. The maximum Gasteiger partial charge on any atom is 0.416 e. The lowest BCUT2D eigenvalue weighted by Crippen LogP contribution is -2.37. The van der Waals surface area contributed by atoms with Crippen molar-refractivity contribution in [3.05, 3.63) is 29.8 Å². The molecule has 0 radical (unpaired) electrons. The number of nitrogens with zero attached hydrogens (tertiary/aromatic N) is 1. The van der Waals surface area contributed by atoms with E-state index in [0.717, 1.165) is 12.1 Å². The van der Waals surface area contributed by atoms with Gasteiger partial charge in [0, 0.05) is 24.8 Å². The normalized spacial score (nSPS) is 9.35. The third-order valence-corrected chi connectivity index (χ3v) is 2.11. The molecular weight excluding hydrogens is 341 g/mol. The highest BCUT2D eigenvalue weighted by Crippen LogP contribution is 2.29. The van der Waals surface area contributed by atoms with Crippen LogP contribution in [0.2, 0.25) is 0 Å². The molecule has 4 nitrogen and oxygen atoms in total. The number of nitriles is 1. The van der Waals surface area contributed by atoms with Gasteiger partial charge in [-0.25, -0.2) is 5.26 Å². The van der Waals surface area contributed by atoms with Crippen LogP contribution in [0.3, 0.4) is 0 Å². The Kier molecular flexibility index (Phi) is 38.1. The highest BCUT2D eigenvalue weighted by molar-refractivity contribution is 5.45. The summed E-state index contributed by atoms with van der Waals surface area (Å²) in [7, 11) is 0. The maximum absolute atomic E-state index is 12.2. The van der Waals surface area contributed by atoms with Crippen molar-refractivity contribution in [1.82, 2.24) is 5.43 Å². The van der Waals surface area contributed by atoms with Crippen LogP contribution in [0.5, 0.6) is 0 Å². The van der Waals surface area contributed by atoms with E-state index >= 15 is 0 Å². The minimum Gasteiger partial charge on any atom is -0.383 e. The highest BCUT2D eigenvalue weighted by Gasteiger charge is 2.29. The number of rotatable bonds is 4. The van der Waals surface area contributed by atoms with Crippen molar-refractivity contribution >= 4 is 5.69 Å². The average molecular weight is 381 g/mol. The first kappa shape index (κ1) is 35.4. The van der Waals surface area contributed by atoms with Gasteiger partial charge in [-0.2, -0.15) is 13.2 Å². The lowest BCUT2D eigenvalue weighted by atomic mass is 10.2. The Morgan fingerprint density at radius 1 is 0.923 bits per heavy atom. The van der Waals surface area contributed by atoms with E-state index in [1.807, 2.05) is 62.3 Å². The molecule has 0 aromatic heterocycles. The molecule has 0 amide bonds. The van der Waals surface area contributed by atoms with Crippen LogP contribution in [-0.2, 0) is 6.18 Å². The lowest BCUT2D eigenvalue weighted by Gasteiger charge is -2.13. The van der Waals surface area contributed by atoms with Crippen LogP contribution in [0.1, 0.15) is 67.9 Å². The largest absolute Gasteiger partial charge is 0.416 e. The monoisotopic (exact) mass is 380 g/mol. The Balaban J connectivity index is -0.000000127. The second-order valence-electron chi connectivity index (χ2n) is 3.52. The number of hydrogen-bond acceptors (Lipinski definition) is 4. The molecule has 0 heterocycles. The van der Waals surface area contributed by atoms with Crippen molar-refractivity contribution in [3.8, 4) is 6.57 Å². The summed E-state index contributed by atoms with van der Waals surface area (Å²) in [4.78, 5) is 0. The van der Waals surface area contributed by atoms with E-state index in [1.165, 1.54) is 12.1 Å². The number of hydrogen-bond donors (Lipinski definition) is 3. The van der Waals surface area contributed by atoms with Gasteiger partial charge in [-0.3, -0.25) is 11.3 Å². The summed E-state index contributed by atoms with van der Waals surface area (Å²) in [6.45, 7) is 21.9. The molecular formula is C19H39F3N4. The summed E-state index contributed by atoms with van der Waals surface area (Å²) in [5.74, 6) is 5.18. The number of hydrazine groups is 1. The van der Waals surface area contributed by atoms with E-state index in [0.29, 0.717) is 12.2 Å². The smallest absolute Gasteiger partial charge is 0.383 e. The van der Waals surface area contributed by atoms with Gasteiger partial charge in [0.2, 0.25) is 0 Å². The van der Waals surface area contributed by atoms with Gasteiger partial charge in [0.1, 0.15) is 0 Å². The molecule has 0 aliphatic rings. The second-order valence-corrected chi connectivity index (χ2v) is 3.52. The Hall–Kier alpha value is -1.78. The zero-order chi connectivity index (χ0) is 22.2. The molecule has 1 atom stereocenters. The SMILES string of the molecule is C#N.CC.CC.CC.CC.CC(CNc1ccc(C(F)(F)F)cc1)NN. The van der Waals surface area contributed by atoms with Gasteiger partial charge < -0.3 is 5.32 Å².